The van der Waals surface area contributed by atoms with Crippen LogP contribution in [0.3, 0.4) is 0 Å². The number of likely N-dealkylation sites (tertiary alicyclic amines) is 2. The molecule has 0 amide bonds. The standard InChI is InChI=1S/C22H22F2N8O/c1-14-18(15-5-19(33-2)21-16(6-25)7-27-31(21)9-15)8-28-32(14)17-10-30(11-17)20-3-4-29(13-26)12-22(20,23)24/h5,7-9,17,20H,3-4,10-12H2,1-2H3. The van der Waals surface area contributed by atoms with Crippen molar-refractivity contribution in [1.82, 2.24) is 29.2 Å². The summed E-state index contributed by atoms with van der Waals surface area (Å²) >= 11 is 0. The van der Waals surface area contributed by atoms with Crippen LogP contribution in [-0.4, -0.2) is 74.4 Å². The number of hydrogen-bond acceptors (Lipinski definition) is 7. The topological polar surface area (TPSA) is 98.4 Å². The van der Waals surface area contributed by atoms with E-state index in [1.165, 1.54) is 6.20 Å². The number of alkyl halides is 2. The Morgan fingerprint density at radius 2 is 2.00 bits per heavy atom. The zero-order valence-corrected chi connectivity index (χ0v) is 18.2. The predicted molar refractivity (Wildman–Crippen MR) is 114 cm³/mol. The summed E-state index contributed by atoms with van der Waals surface area (Å²) in [6.07, 6.45) is 7.18. The number of nitriles is 2. The molecule has 1 atom stereocenters. The molecule has 2 fully saturated rings. The molecule has 2 saturated heterocycles. The monoisotopic (exact) mass is 452 g/mol. The van der Waals surface area contributed by atoms with Crippen LogP contribution >= 0.6 is 0 Å². The summed E-state index contributed by atoms with van der Waals surface area (Å²) in [4.78, 5) is 2.92. The highest BCUT2D eigenvalue weighted by molar-refractivity contribution is 5.75. The van der Waals surface area contributed by atoms with Crippen LogP contribution in [0.4, 0.5) is 8.78 Å². The van der Waals surface area contributed by atoms with Gasteiger partial charge in [0.05, 0.1) is 38.1 Å². The Kier molecular flexibility index (Phi) is 4.94. The molecule has 2 aliphatic rings. The fourth-order valence-corrected chi connectivity index (χ4v) is 4.90. The van der Waals surface area contributed by atoms with Gasteiger partial charge >= 0.3 is 0 Å². The number of pyridine rings is 1. The fourth-order valence-electron chi connectivity index (χ4n) is 4.90. The van der Waals surface area contributed by atoms with Crippen LogP contribution in [0.5, 0.6) is 5.75 Å². The molecule has 5 heterocycles. The van der Waals surface area contributed by atoms with Crippen LogP contribution in [0.1, 0.15) is 23.7 Å². The molecule has 3 aromatic heterocycles. The van der Waals surface area contributed by atoms with Gasteiger partial charge in [-0.3, -0.25) is 9.58 Å². The third-order valence-corrected chi connectivity index (χ3v) is 6.65. The lowest BCUT2D eigenvalue weighted by Gasteiger charge is -2.49. The number of nitrogens with zero attached hydrogens (tertiary/aromatic N) is 8. The summed E-state index contributed by atoms with van der Waals surface area (Å²) in [5.74, 6) is -2.38. The first-order valence-corrected chi connectivity index (χ1v) is 10.6. The molecule has 0 aliphatic carbocycles. The minimum atomic E-state index is -2.92. The molecule has 33 heavy (non-hydrogen) atoms. The Morgan fingerprint density at radius 1 is 1.21 bits per heavy atom. The maximum Gasteiger partial charge on any atom is 0.281 e. The number of piperidine rings is 1. The summed E-state index contributed by atoms with van der Waals surface area (Å²) in [5, 5.41) is 27.0. The quantitative estimate of drug-likeness (QED) is 0.561. The van der Waals surface area contributed by atoms with E-state index < -0.39 is 18.5 Å². The number of methoxy groups -OCH3 is 1. The van der Waals surface area contributed by atoms with Gasteiger partial charge in [0.1, 0.15) is 22.9 Å². The maximum atomic E-state index is 14.5. The van der Waals surface area contributed by atoms with E-state index >= 15 is 0 Å². The van der Waals surface area contributed by atoms with E-state index in [1.54, 1.807) is 22.7 Å². The van der Waals surface area contributed by atoms with Gasteiger partial charge in [-0.25, -0.2) is 13.3 Å². The number of fused-ring (bicyclic) bond motifs is 1. The van der Waals surface area contributed by atoms with Crippen molar-refractivity contribution in [2.45, 2.75) is 31.4 Å². The SMILES string of the molecule is COc1cc(-c2cnn(C3CN(C4CCN(C#N)CC4(F)F)C3)c2C)cn2ncc(C#N)c12. The van der Waals surface area contributed by atoms with Crippen molar-refractivity contribution in [2.24, 2.45) is 0 Å². The average molecular weight is 452 g/mol. The van der Waals surface area contributed by atoms with Crippen LogP contribution in [0.25, 0.3) is 16.6 Å². The molecule has 0 bridgehead atoms. The van der Waals surface area contributed by atoms with Gasteiger partial charge < -0.3 is 9.64 Å². The fraction of sp³-hybridized carbons (Fsp3) is 0.455. The summed E-state index contributed by atoms with van der Waals surface area (Å²) in [5.41, 5.74) is 3.67. The Balaban J connectivity index is 1.36. The van der Waals surface area contributed by atoms with Crippen LogP contribution in [0.2, 0.25) is 0 Å². The van der Waals surface area contributed by atoms with Crippen molar-refractivity contribution in [1.29, 1.82) is 10.5 Å². The highest BCUT2D eigenvalue weighted by Gasteiger charge is 2.50. The van der Waals surface area contributed by atoms with E-state index in [0.29, 0.717) is 36.5 Å². The van der Waals surface area contributed by atoms with Gasteiger partial charge in [0.2, 0.25) is 0 Å². The second kappa shape index (κ2) is 7.71. The van der Waals surface area contributed by atoms with Gasteiger partial charge in [0.25, 0.3) is 5.92 Å². The van der Waals surface area contributed by atoms with Crippen LogP contribution in [0.15, 0.2) is 24.7 Å². The summed E-state index contributed by atoms with van der Waals surface area (Å²) in [6.45, 7) is 2.76. The summed E-state index contributed by atoms with van der Waals surface area (Å²) < 4.78 is 38.1. The van der Waals surface area contributed by atoms with Crippen molar-refractivity contribution in [3.05, 3.63) is 35.9 Å². The number of ether oxygens (including phenoxy) is 1. The van der Waals surface area contributed by atoms with E-state index in [2.05, 4.69) is 16.3 Å². The second-order valence-corrected chi connectivity index (χ2v) is 8.54. The van der Waals surface area contributed by atoms with Gasteiger partial charge in [-0.15, -0.1) is 0 Å². The lowest BCUT2D eigenvalue weighted by atomic mass is 9.94. The van der Waals surface area contributed by atoms with E-state index in [4.69, 9.17) is 10.00 Å². The zero-order valence-electron chi connectivity index (χ0n) is 18.2. The Morgan fingerprint density at radius 3 is 2.67 bits per heavy atom. The summed E-state index contributed by atoms with van der Waals surface area (Å²) in [6, 6.07) is 3.12. The average Bonchev–Trinajstić information content (AvgIpc) is 3.36. The first-order chi connectivity index (χ1) is 15.9. The second-order valence-electron chi connectivity index (χ2n) is 8.54. The smallest absolute Gasteiger partial charge is 0.281 e. The molecular weight excluding hydrogens is 430 g/mol. The van der Waals surface area contributed by atoms with Crippen molar-refractivity contribution in [3.8, 4) is 29.1 Å². The van der Waals surface area contributed by atoms with E-state index in [-0.39, 0.29) is 12.5 Å². The van der Waals surface area contributed by atoms with Crippen LogP contribution in [0, 0.1) is 29.7 Å². The normalized spacial score (nSPS) is 20.9. The highest BCUT2D eigenvalue weighted by atomic mass is 19.3. The Hall–Kier alpha value is -3.70. The van der Waals surface area contributed by atoms with Crippen LogP contribution in [-0.2, 0) is 0 Å². The molecule has 170 valence electrons. The van der Waals surface area contributed by atoms with E-state index in [1.807, 2.05) is 30.1 Å². The molecule has 3 aromatic rings. The molecule has 1 unspecified atom stereocenters. The van der Waals surface area contributed by atoms with E-state index in [0.717, 1.165) is 21.7 Å². The number of rotatable bonds is 4. The van der Waals surface area contributed by atoms with Gasteiger partial charge in [0, 0.05) is 42.7 Å². The Bertz CT molecular complexity index is 1290. The molecule has 0 aromatic carbocycles. The highest BCUT2D eigenvalue weighted by Crippen LogP contribution is 2.38. The maximum absolute atomic E-state index is 14.5. The molecule has 11 heteroatoms. The van der Waals surface area contributed by atoms with Crippen molar-refractivity contribution in [3.63, 3.8) is 0 Å². The molecule has 0 spiro atoms. The van der Waals surface area contributed by atoms with Gasteiger partial charge in [0.15, 0.2) is 6.19 Å². The van der Waals surface area contributed by atoms with Crippen molar-refractivity contribution < 1.29 is 13.5 Å². The van der Waals surface area contributed by atoms with Gasteiger partial charge in [-0.2, -0.15) is 20.7 Å². The number of hydrogen-bond donors (Lipinski definition) is 0. The molecule has 5 rings (SSSR count). The van der Waals surface area contributed by atoms with Crippen molar-refractivity contribution in [2.75, 3.05) is 33.3 Å². The predicted octanol–water partition coefficient (Wildman–Crippen LogP) is 2.43. The summed E-state index contributed by atoms with van der Waals surface area (Å²) in [7, 11) is 1.55. The first kappa shape index (κ1) is 21.2. The number of aromatic nitrogens is 4. The zero-order chi connectivity index (χ0) is 23.3. The number of halogens is 2. The molecular formula is C22H22F2N8O. The van der Waals surface area contributed by atoms with Gasteiger partial charge in [-0.05, 0) is 19.4 Å². The molecule has 0 N–H and O–H groups in total. The third kappa shape index (κ3) is 3.36. The largest absolute Gasteiger partial charge is 0.494 e. The molecule has 9 nitrogen and oxygen atoms in total. The lowest BCUT2D eigenvalue weighted by molar-refractivity contribution is -0.140. The third-order valence-electron chi connectivity index (χ3n) is 6.65. The Labute approximate surface area is 189 Å². The van der Waals surface area contributed by atoms with Crippen LogP contribution < -0.4 is 4.74 Å². The molecule has 0 saturated carbocycles. The first-order valence-electron chi connectivity index (χ1n) is 10.6. The molecule has 2 aliphatic heterocycles. The minimum Gasteiger partial charge on any atom is -0.494 e. The van der Waals surface area contributed by atoms with Crippen molar-refractivity contribution >= 4 is 5.52 Å². The van der Waals surface area contributed by atoms with Gasteiger partial charge in [-0.1, -0.05) is 0 Å². The molecule has 0 radical (unpaired) electrons. The van der Waals surface area contributed by atoms with E-state index in [9.17, 15) is 14.0 Å². The minimum absolute atomic E-state index is 0.00377. The lowest BCUT2D eigenvalue weighted by Crippen LogP contribution is -2.63.